The van der Waals surface area contributed by atoms with Crippen LogP contribution in [-0.4, -0.2) is 12.3 Å². The van der Waals surface area contributed by atoms with Crippen LogP contribution < -0.4 is 0 Å². The summed E-state index contributed by atoms with van der Waals surface area (Å²) >= 11 is 0. The van der Waals surface area contributed by atoms with Gasteiger partial charge in [-0.05, 0) is 5.56 Å². The third-order valence-electron chi connectivity index (χ3n) is 2.57. The van der Waals surface area contributed by atoms with Gasteiger partial charge in [0.05, 0.1) is 6.04 Å². The Bertz CT molecular complexity index is 387. The van der Waals surface area contributed by atoms with Gasteiger partial charge in [-0.2, -0.15) is 0 Å². The van der Waals surface area contributed by atoms with Gasteiger partial charge >= 0.3 is 0 Å². The molecule has 0 spiro atoms. The third-order valence-corrected chi connectivity index (χ3v) is 2.57. The summed E-state index contributed by atoms with van der Waals surface area (Å²) < 4.78 is 0. The first-order valence-electron chi connectivity index (χ1n) is 5.29. The molecule has 0 heterocycles. The summed E-state index contributed by atoms with van der Waals surface area (Å²) in [5.74, 6) is 0.495. The first-order chi connectivity index (χ1) is 7.36. The largest absolute Gasteiger partial charge is 0.284 e. The number of benzene rings is 1. The maximum atomic E-state index is 4.57. The van der Waals surface area contributed by atoms with Gasteiger partial charge in [0.25, 0.3) is 0 Å². The van der Waals surface area contributed by atoms with Crippen molar-refractivity contribution >= 4 is 6.21 Å². The van der Waals surface area contributed by atoms with Crippen LogP contribution in [0.5, 0.6) is 0 Å². The fraction of sp³-hybridized carbons (Fsp3) is 0.214. The topological polar surface area (TPSA) is 12.4 Å². The lowest BCUT2D eigenvalue weighted by Gasteiger charge is -2.15. The molecule has 2 rings (SSSR count). The summed E-state index contributed by atoms with van der Waals surface area (Å²) in [5, 5.41) is 0. The molecule has 76 valence electrons. The number of rotatable bonds is 2. The molecule has 1 nitrogen and oxygen atoms in total. The predicted molar refractivity (Wildman–Crippen MR) is 65.3 cm³/mol. The average molecular weight is 197 g/mol. The Morgan fingerprint density at radius 2 is 1.80 bits per heavy atom. The van der Waals surface area contributed by atoms with E-state index in [4.69, 9.17) is 0 Å². The Hall–Kier alpha value is -1.63. The van der Waals surface area contributed by atoms with Crippen LogP contribution in [0.2, 0.25) is 0 Å². The standard InChI is InChI=1S/C14H15N/c1-12-7-5-6-10-14(12)15-11-13-8-3-2-4-9-13/h2-12,14H,1H3. The van der Waals surface area contributed by atoms with E-state index in [2.05, 4.69) is 48.4 Å². The molecule has 1 aromatic carbocycles. The fourth-order valence-corrected chi connectivity index (χ4v) is 1.60. The van der Waals surface area contributed by atoms with Gasteiger partial charge in [0.2, 0.25) is 0 Å². The minimum Gasteiger partial charge on any atom is -0.284 e. The van der Waals surface area contributed by atoms with Crippen molar-refractivity contribution in [2.45, 2.75) is 13.0 Å². The second kappa shape index (κ2) is 4.74. The molecule has 1 aliphatic rings. The molecule has 0 amide bonds. The van der Waals surface area contributed by atoms with Crippen molar-refractivity contribution in [3.05, 3.63) is 60.2 Å². The fourth-order valence-electron chi connectivity index (χ4n) is 1.60. The van der Waals surface area contributed by atoms with Crippen LogP contribution in [0.15, 0.2) is 59.6 Å². The van der Waals surface area contributed by atoms with Crippen molar-refractivity contribution in [2.24, 2.45) is 10.9 Å². The highest BCUT2D eigenvalue weighted by atomic mass is 14.8. The lowest BCUT2D eigenvalue weighted by molar-refractivity contribution is 0.629. The zero-order valence-corrected chi connectivity index (χ0v) is 8.88. The van der Waals surface area contributed by atoms with Crippen molar-refractivity contribution in [3.63, 3.8) is 0 Å². The molecule has 2 atom stereocenters. The van der Waals surface area contributed by atoms with E-state index in [9.17, 15) is 0 Å². The van der Waals surface area contributed by atoms with Gasteiger partial charge in [0.1, 0.15) is 0 Å². The van der Waals surface area contributed by atoms with Gasteiger partial charge in [0, 0.05) is 12.1 Å². The van der Waals surface area contributed by atoms with E-state index in [0.29, 0.717) is 5.92 Å². The number of aliphatic imine (C=N–C) groups is 1. The first-order valence-corrected chi connectivity index (χ1v) is 5.29. The molecule has 0 fully saturated rings. The lowest BCUT2D eigenvalue weighted by Crippen LogP contribution is -2.12. The van der Waals surface area contributed by atoms with Crippen LogP contribution in [0, 0.1) is 5.92 Å². The Kier molecular flexibility index (Phi) is 3.13. The number of hydrogen-bond donors (Lipinski definition) is 0. The molecule has 0 aliphatic heterocycles. The molecule has 2 unspecified atom stereocenters. The molecule has 0 saturated heterocycles. The summed E-state index contributed by atoms with van der Waals surface area (Å²) in [7, 11) is 0. The van der Waals surface area contributed by atoms with Crippen LogP contribution in [0.3, 0.4) is 0 Å². The Morgan fingerprint density at radius 1 is 1.07 bits per heavy atom. The van der Waals surface area contributed by atoms with Gasteiger partial charge in [-0.3, -0.25) is 4.99 Å². The quantitative estimate of drug-likeness (QED) is 0.645. The van der Waals surface area contributed by atoms with Crippen molar-refractivity contribution in [3.8, 4) is 0 Å². The van der Waals surface area contributed by atoms with Gasteiger partial charge < -0.3 is 0 Å². The summed E-state index contributed by atoms with van der Waals surface area (Å²) in [6.45, 7) is 2.19. The molecule has 1 heteroatoms. The monoisotopic (exact) mass is 197 g/mol. The molecule has 0 radical (unpaired) electrons. The summed E-state index contributed by atoms with van der Waals surface area (Å²) in [4.78, 5) is 4.57. The molecule has 0 aromatic heterocycles. The maximum absolute atomic E-state index is 4.57. The predicted octanol–water partition coefficient (Wildman–Crippen LogP) is 3.24. The zero-order valence-electron chi connectivity index (χ0n) is 8.88. The van der Waals surface area contributed by atoms with Crippen LogP contribution in [0.25, 0.3) is 0 Å². The number of nitrogens with zero attached hydrogens (tertiary/aromatic N) is 1. The van der Waals surface area contributed by atoms with Crippen LogP contribution >= 0.6 is 0 Å². The van der Waals surface area contributed by atoms with Crippen LogP contribution in [0.4, 0.5) is 0 Å². The smallest absolute Gasteiger partial charge is 0.0743 e. The molecule has 1 aromatic rings. The Labute approximate surface area is 90.9 Å². The van der Waals surface area contributed by atoms with E-state index in [0.717, 1.165) is 5.56 Å². The van der Waals surface area contributed by atoms with E-state index in [1.54, 1.807) is 0 Å². The summed E-state index contributed by atoms with van der Waals surface area (Å²) in [6.07, 6.45) is 10.4. The lowest BCUT2D eigenvalue weighted by atomic mass is 9.98. The SMILES string of the molecule is CC1C=CC=CC1N=Cc1ccccc1. The van der Waals surface area contributed by atoms with Gasteiger partial charge in [-0.1, -0.05) is 61.6 Å². The van der Waals surface area contributed by atoms with Crippen molar-refractivity contribution in [2.75, 3.05) is 0 Å². The molecule has 0 N–H and O–H groups in total. The number of allylic oxidation sites excluding steroid dienone is 2. The highest BCUT2D eigenvalue weighted by Crippen LogP contribution is 2.14. The van der Waals surface area contributed by atoms with E-state index < -0.39 is 0 Å². The highest BCUT2D eigenvalue weighted by Gasteiger charge is 2.10. The van der Waals surface area contributed by atoms with Crippen molar-refractivity contribution in [1.29, 1.82) is 0 Å². The van der Waals surface area contributed by atoms with Crippen LogP contribution in [-0.2, 0) is 0 Å². The van der Waals surface area contributed by atoms with Gasteiger partial charge in [-0.25, -0.2) is 0 Å². The molecular weight excluding hydrogens is 182 g/mol. The summed E-state index contributed by atoms with van der Waals surface area (Å²) in [6, 6.07) is 10.5. The second-order valence-corrected chi connectivity index (χ2v) is 3.81. The molecule has 1 aliphatic carbocycles. The van der Waals surface area contributed by atoms with E-state index in [1.807, 2.05) is 24.4 Å². The van der Waals surface area contributed by atoms with E-state index in [-0.39, 0.29) is 6.04 Å². The van der Waals surface area contributed by atoms with Crippen molar-refractivity contribution in [1.82, 2.24) is 0 Å². The Balaban J connectivity index is 2.06. The normalized spacial score (nSPS) is 24.9. The molecule has 0 saturated carbocycles. The van der Waals surface area contributed by atoms with E-state index >= 15 is 0 Å². The highest BCUT2D eigenvalue weighted by molar-refractivity contribution is 5.79. The summed E-state index contributed by atoms with van der Waals surface area (Å²) in [5.41, 5.74) is 1.16. The minimum absolute atomic E-state index is 0.287. The molecule has 15 heavy (non-hydrogen) atoms. The van der Waals surface area contributed by atoms with E-state index in [1.165, 1.54) is 0 Å². The second-order valence-electron chi connectivity index (χ2n) is 3.81. The van der Waals surface area contributed by atoms with Crippen LogP contribution in [0.1, 0.15) is 12.5 Å². The van der Waals surface area contributed by atoms with Gasteiger partial charge in [-0.15, -0.1) is 0 Å². The third kappa shape index (κ3) is 2.66. The minimum atomic E-state index is 0.287. The molecule has 0 bridgehead atoms. The van der Waals surface area contributed by atoms with Gasteiger partial charge in [0.15, 0.2) is 0 Å². The Morgan fingerprint density at radius 3 is 2.53 bits per heavy atom. The maximum Gasteiger partial charge on any atom is 0.0743 e. The zero-order chi connectivity index (χ0) is 10.5. The molecular formula is C14H15N. The average Bonchev–Trinajstić information content (AvgIpc) is 2.29. The van der Waals surface area contributed by atoms with Crippen molar-refractivity contribution < 1.29 is 0 Å². The first kappa shape index (κ1) is 9.91. The number of hydrogen-bond acceptors (Lipinski definition) is 1.